The highest BCUT2D eigenvalue weighted by molar-refractivity contribution is 7.71. The number of nitrogens with zero attached hydrogens (tertiary/aromatic N) is 2. The highest BCUT2D eigenvalue weighted by Crippen LogP contribution is 2.27. The first kappa shape index (κ1) is 15.7. The quantitative estimate of drug-likeness (QED) is 0.830. The fraction of sp³-hybridized carbons (Fsp3) is 0.412. The Bertz CT molecular complexity index is 691. The zero-order chi connectivity index (χ0) is 15.8. The molecule has 3 nitrogen and oxygen atoms in total. The summed E-state index contributed by atoms with van der Waals surface area (Å²) in [5, 5.41) is 0. The standard InChI is InChI=1S/C17H23N3S/c1-11-14(12-7-9-13(10-8-12)20(5)6)18-16(17(2,3)4)19-15(11)21/h7-10H,1-6H3,(H,18,19,21). The molecule has 1 heterocycles. The Morgan fingerprint density at radius 1 is 1.10 bits per heavy atom. The molecule has 0 aliphatic carbocycles. The molecule has 0 aliphatic heterocycles. The van der Waals surface area contributed by atoms with Crippen molar-refractivity contribution in [3.05, 3.63) is 40.3 Å². The molecule has 0 amide bonds. The molecule has 0 atom stereocenters. The van der Waals surface area contributed by atoms with Crippen LogP contribution in [0.15, 0.2) is 24.3 Å². The Labute approximate surface area is 132 Å². The highest BCUT2D eigenvalue weighted by atomic mass is 32.1. The Kier molecular flexibility index (Phi) is 4.19. The summed E-state index contributed by atoms with van der Waals surface area (Å²) < 4.78 is 0.672. The van der Waals surface area contributed by atoms with Gasteiger partial charge in [0.05, 0.1) is 5.69 Å². The van der Waals surface area contributed by atoms with Crippen molar-refractivity contribution in [2.45, 2.75) is 33.1 Å². The molecule has 2 aromatic rings. The highest BCUT2D eigenvalue weighted by Gasteiger charge is 2.18. The first-order valence-electron chi connectivity index (χ1n) is 7.09. The maximum Gasteiger partial charge on any atom is 0.133 e. The summed E-state index contributed by atoms with van der Waals surface area (Å²) >= 11 is 5.43. The molecule has 1 aromatic carbocycles. The largest absolute Gasteiger partial charge is 0.378 e. The lowest BCUT2D eigenvalue weighted by atomic mass is 9.95. The molecule has 0 radical (unpaired) electrons. The number of anilines is 1. The van der Waals surface area contributed by atoms with Crippen molar-refractivity contribution in [2.75, 3.05) is 19.0 Å². The minimum absolute atomic E-state index is 0.0560. The van der Waals surface area contributed by atoms with E-state index in [1.165, 1.54) is 5.69 Å². The van der Waals surface area contributed by atoms with E-state index in [0.29, 0.717) is 4.64 Å². The van der Waals surface area contributed by atoms with Gasteiger partial charge in [-0.3, -0.25) is 0 Å². The molecule has 2 rings (SSSR count). The fourth-order valence-corrected chi connectivity index (χ4v) is 2.30. The van der Waals surface area contributed by atoms with Crippen LogP contribution in [0, 0.1) is 11.6 Å². The summed E-state index contributed by atoms with van der Waals surface area (Å²) in [4.78, 5) is 10.1. The Morgan fingerprint density at radius 2 is 1.67 bits per heavy atom. The van der Waals surface area contributed by atoms with Gasteiger partial charge in [-0.1, -0.05) is 45.1 Å². The predicted molar refractivity (Wildman–Crippen MR) is 92.6 cm³/mol. The van der Waals surface area contributed by atoms with Gasteiger partial charge in [-0.05, 0) is 24.6 Å². The van der Waals surface area contributed by atoms with Crippen LogP contribution in [-0.4, -0.2) is 24.1 Å². The van der Waals surface area contributed by atoms with Crippen LogP contribution in [0.3, 0.4) is 0 Å². The van der Waals surface area contributed by atoms with Crippen LogP contribution in [0.25, 0.3) is 11.3 Å². The normalized spacial score (nSPS) is 11.5. The van der Waals surface area contributed by atoms with Crippen molar-refractivity contribution in [3.8, 4) is 11.3 Å². The third-order valence-electron chi connectivity index (χ3n) is 3.54. The van der Waals surface area contributed by atoms with Crippen LogP contribution >= 0.6 is 12.2 Å². The van der Waals surface area contributed by atoms with Crippen molar-refractivity contribution < 1.29 is 0 Å². The average Bonchev–Trinajstić information content (AvgIpc) is 2.40. The van der Waals surface area contributed by atoms with Crippen molar-refractivity contribution >= 4 is 17.9 Å². The Morgan fingerprint density at radius 3 is 2.14 bits per heavy atom. The molecular formula is C17H23N3S. The average molecular weight is 301 g/mol. The van der Waals surface area contributed by atoms with Crippen molar-refractivity contribution in [2.24, 2.45) is 0 Å². The summed E-state index contributed by atoms with van der Waals surface area (Å²) in [5.41, 5.74) is 4.34. The van der Waals surface area contributed by atoms with E-state index in [-0.39, 0.29) is 5.41 Å². The lowest BCUT2D eigenvalue weighted by Gasteiger charge is -2.20. The number of benzene rings is 1. The van der Waals surface area contributed by atoms with E-state index in [2.05, 4.69) is 59.9 Å². The molecule has 21 heavy (non-hydrogen) atoms. The van der Waals surface area contributed by atoms with Crippen LogP contribution in [0.2, 0.25) is 0 Å². The van der Waals surface area contributed by atoms with Gasteiger partial charge >= 0.3 is 0 Å². The number of aromatic nitrogens is 2. The number of hydrogen-bond donors (Lipinski definition) is 1. The molecule has 0 saturated heterocycles. The van der Waals surface area contributed by atoms with Crippen LogP contribution in [0.1, 0.15) is 32.2 Å². The molecular weight excluding hydrogens is 278 g/mol. The molecule has 0 bridgehead atoms. The minimum atomic E-state index is -0.0560. The number of aromatic amines is 1. The maximum absolute atomic E-state index is 5.43. The number of rotatable bonds is 2. The second kappa shape index (κ2) is 5.60. The zero-order valence-electron chi connectivity index (χ0n) is 13.6. The van der Waals surface area contributed by atoms with Crippen molar-refractivity contribution in [3.63, 3.8) is 0 Å². The summed E-state index contributed by atoms with van der Waals surface area (Å²) in [6.45, 7) is 8.42. The maximum atomic E-state index is 5.43. The van der Waals surface area contributed by atoms with Gasteiger partial charge in [0.1, 0.15) is 10.5 Å². The number of hydrogen-bond acceptors (Lipinski definition) is 3. The molecule has 1 N–H and O–H groups in total. The lowest BCUT2D eigenvalue weighted by Crippen LogP contribution is -2.17. The fourth-order valence-electron chi connectivity index (χ4n) is 2.10. The van der Waals surface area contributed by atoms with E-state index in [9.17, 15) is 0 Å². The predicted octanol–water partition coefficient (Wildman–Crippen LogP) is 4.48. The van der Waals surface area contributed by atoms with E-state index in [4.69, 9.17) is 12.2 Å². The van der Waals surface area contributed by atoms with Gasteiger partial charge in [0, 0.05) is 30.8 Å². The van der Waals surface area contributed by atoms with E-state index in [1.54, 1.807) is 0 Å². The molecule has 0 aliphatic rings. The van der Waals surface area contributed by atoms with Crippen LogP contribution in [0.4, 0.5) is 5.69 Å². The second-order valence-corrected chi connectivity index (χ2v) is 6.97. The molecule has 0 saturated carbocycles. The number of H-pyrrole nitrogens is 1. The van der Waals surface area contributed by atoms with Crippen molar-refractivity contribution in [1.82, 2.24) is 9.97 Å². The van der Waals surface area contributed by atoms with E-state index in [0.717, 1.165) is 22.6 Å². The minimum Gasteiger partial charge on any atom is -0.378 e. The third-order valence-corrected chi connectivity index (χ3v) is 3.93. The number of nitrogens with one attached hydrogen (secondary N) is 1. The third kappa shape index (κ3) is 3.32. The van der Waals surface area contributed by atoms with E-state index < -0.39 is 0 Å². The molecule has 0 unspecified atom stereocenters. The van der Waals surface area contributed by atoms with Crippen LogP contribution in [0.5, 0.6) is 0 Å². The van der Waals surface area contributed by atoms with Crippen LogP contribution < -0.4 is 4.90 Å². The second-order valence-electron chi connectivity index (χ2n) is 6.58. The van der Waals surface area contributed by atoms with E-state index >= 15 is 0 Å². The SMILES string of the molecule is Cc1c(-c2ccc(N(C)C)cc2)[nH]c(C(C)(C)C)nc1=S. The van der Waals surface area contributed by atoms with Gasteiger partial charge in [0.25, 0.3) is 0 Å². The summed E-state index contributed by atoms with van der Waals surface area (Å²) in [5.74, 6) is 0.921. The molecule has 4 heteroatoms. The Balaban J connectivity index is 2.57. The van der Waals surface area contributed by atoms with Crippen LogP contribution in [-0.2, 0) is 5.41 Å². The lowest BCUT2D eigenvalue weighted by molar-refractivity contribution is 0.544. The molecule has 112 valence electrons. The van der Waals surface area contributed by atoms with Crippen molar-refractivity contribution in [1.29, 1.82) is 0 Å². The smallest absolute Gasteiger partial charge is 0.133 e. The molecule has 0 fully saturated rings. The van der Waals surface area contributed by atoms with Gasteiger partial charge in [-0.2, -0.15) is 0 Å². The van der Waals surface area contributed by atoms with Gasteiger partial charge in [0.15, 0.2) is 0 Å². The summed E-state index contributed by atoms with van der Waals surface area (Å²) in [6.07, 6.45) is 0. The summed E-state index contributed by atoms with van der Waals surface area (Å²) in [7, 11) is 4.08. The monoisotopic (exact) mass is 301 g/mol. The molecule has 1 aromatic heterocycles. The molecule has 0 spiro atoms. The first-order chi connectivity index (χ1) is 9.70. The Hall–Kier alpha value is -1.68. The topological polar surface area (TPSA) is 31.9 Å². The van der Waals surface area contributed by atoms with Gasteiger partial charge < -0.3 is 9.88 Å². The van der Waals surface area contributed by atoms with Gasteiger partial charge in [-0.15, -0.1) is 0 Å². The first-order valence-corrected chi connectivity index (χ1v) is 7.50. The summed E-state index contributed by atoms with van der Waals surface area (Å²) in [6, 6.07) is 8.47. The zero-order valence-corrected chi connectivity index (χ0v) is 14.4. The van der Waals surface area contributed by atoms with E-state index in [1.807, 2.05) is 21.0 Å². The van der Waals surface area contributed by atoms with Gasteiger partial charge in [-0.25, -0.2) is 4.98 Å². The van der Waals surface area contributed by atoms with Gasteiger partial charge in [0.2, 0.25) is 0 Å².